The fraction of sp³-hybridized carbons (Fsp3) is 0.409. The first-order valence-electron chi connectivity index (χ1n) is 9.88. The first-order chi connectivity index (χ1) is 14.4. The Morgan fingerprint density at radius 2 is 1.80 bits per heavy atom. The summed E-state index contributed by atoms with van der Waals surface area (Å²) in [5.41, 5.74) is 0.793. The monoisotopic (exact) mass is 433 g/mol. The van der Waals surface area contributed by atoms with Gasteiger partial charge in [0.25, 0.3) is 0 Å². The second-order valence-electron chi connectivity index (χ2n) is 7.24. The zero-order chi connectivity index (χ0) is 21.6. The lowest BCUT2D eigenvalue weighted by molar-refractivity contribution is -0.139. The van der Waals surface area contributed by atoms with Gasteiger partial charge in [-0.25, -0.2) is 0 Å². The summed E-state index contributed by atoms with van der Waals surface area (Å²) in [5, 5.41) is 0. The van der Waals surface area contributed by atoms with Crippen LogP contribution in [0.2, 0.25) is 0 Å². The van der Waals surface area contributed by atoms with Crippen LogP contribution in [-0.2, 0) is 26.2 Å². The minimum atomic E-state index is -3.98. The molecule has 162 valence electrons. The molecule has 0 unspecified atom stereocenters. The number of amides is 1. The lowest BCUT2D eigenvalue weighted by Gasteiger charge is -2.31. The maximum atomic E-state index is 12.7. The van der Waals surface area contributed by atoms with Gasteiger partial charge in [-0.3, -0.25) is 4.79 Å². The Kier molecular flexibility index (Phi) is 7.33. The lowest BCUT2D eigenvalue weighted by atomic mass is 9.84. The largest absolute Gasteiger partial charge is 0.497 e. The second kappa shape index (κ2) is 9.95. The van der Waals surface area contributed by atoms with Gasteiger partial charge in [-0.1, -0.05) is 18.6 Å². The summed E-state index contributed by atoms with van der Waals surface area (Å²) in [6, 6.07) is 12.8. The number of benzene rings is 2. The molecule has 0 heterocycles. The van der Waals surface area contributed by atoms with Crippen molar-refractivity contribution in [2.75, 3.05) is 27.4 Å². The number of hydrogen-bond donors (Lipinski definition) is 0. The van der Waals surface area contributed by atoms with Crippen LogP contribution >= 0.6 is 0 Å². The van der Waals surface area contributed by atoms with E-state index in [0.717, 1.165) is 24.8 Å². The fourth-order valence-electron chi connectivity index (χ4n) is 3.22. The van der Waals surface area contributed by atoms with E-state index in [1.807, 2.05) is 6.07 Å². The van der Waals surface area contributed by atoms with Crippen LogP contribution in [0.15, 0.2) is 53.4 Å². The number of carbonyl (C=O) groups is 1. The smallest absolute Gasteiger partial charge is 0.339 e. The SMILES string of the molecule is COCCN(Cc1cccc(OS(=O)(=O)c2ccc(OC)cc2)c1)C(=O)C1CCC1. The van der Waals surface area contributed by atoms with Crippen LogP contribution in [0.4, 0.5) is 0 Å². The van der Waals surface area contributed by atoms with E-state index in [1.165, 1.54) is 19.2 Å². The molecule has 0 radical (unpaired) electrons. The van der Waals surface area contributed by atoms with Crippen LogP contribution in [0.3, 0.4) is 0 Å². The van der Waals surface area contributed by atoms with Gasteiger partial charge in [0.1, 0.15) is 16.4 Å². The number of ether oxygens (including phenoxy) is 2. The van der Waals surface area contributed by atoms with Crippen LogP contribution in [0.1, 0.15) is 24.8 Å². The lowest BCUT2D eigenvalue weighted by Crippen LogP contribution is -2.40. The van der Waals surface area contributed by atoms with Gasteiger partial charge in [0.05, 0.1) is 13.7 Å². The summed E-state index contributed by atoms with van der Waals surface area (Å²) in [4.78, 5) is 14.5. The van der Waals surface area contributed by atoms with Crippen LogP contribution in [0.5, 0.6) is 11.5 Å². The van der Waals surface area contributed by atoms with Crippen molar-refractivity contribution in [2.45, 2.75) is 30.7 Å². The molecule has 0 atom stereocenters. The first kappa shape index (κ1) is 22.1. The molecule has 1 aliphatic carbocycles. The van der Waals surface area contributed by atoms with Crippen molar-refractivity contribution < 1.29 is 26.9 Å². The van der Waals surface area contributed by atoms with Gasteiger partial charge >= 0.3 is 10.1 Å². The summed E-state index contributed by atoms with van der Waals surface area (Å²) >= 11 is 0. The predicted octanol–water partition coefficient (Wildman–Crippen LogP) is 3.24. The Morgan fingerprint density at radius 3 is 2.40 bits per heavy atom. The molecule has 7 nitrogen and oxygen atoms in total. The molecular formula is C22H27NO6S. The van der Waals surface area contributed by atoms with Crippen LogP contribution in [-0.4, -0.2) is 46.6 Å². The highest BCUT2D eigenvalue weighted by Gasteiger charge is 2.29. The van der Waals surface area contributed by atoms with Crippen molar-refractivity contribution in [2.24, 2.45) is 5.92 Å². The average Bonchev–Trinajstić information content (AvgIpc) is 2.69. The molecule has 0 saturated heterocycles. The number of carbonyl (C=O) groups excluding carboxylic acids is 1. The van der Waals surface area contributed by atoms with Gasteiger partial charge in [0, 0.05) is 26.1 Å². The molecule has 3 rings (SSSR count). The molecule has 1 fully saturated rings. The Labute approximate surface area is 177 Å². The number of rotatable bonds is 10. The Hall–Kier alpha value is -2.58. The molecule has 1 aliphatic rings. The Morgan fingerprint density at radius 1 is 1.07 bits per heavy atom. The normalized spacial score (nSPS) is 14.1. The van der Waals surface area contributed by atoms with Crippen molar-refractivity contribution in [1.29, 1.82) is 0 Å². The average molecular weight is 434 g/mol. The summed E-state index contributed by atoms with van der Waals surface area (Å²) < 4.78 is 40.7. The summed E-state index contributed by atoms with van der Waals surface area (Å²) in [7, 11) is -0.866. The highest BCUT2D eigenvalue weighted by Crippen LogP contribution is 2.29. The van der Waals surface area contributed by atoms with Crippen LogP contribution in [0, 0.1) is 5.92 Å². The van der Waals surface area contributed by atoms with Crippen molar-refractivity contribution in [3.63, 3.8) is 0 Å². The molecule has 0 aromatic heterocycles. The summed E-state index contributed by atoms with van der Waals surface area (Å²) in [5.74, 6) is 0.960. The molecule has 0 N–H and O–H groups in total. The standard InChI is InChI=1S/C22H27NO6S/c1-27-14-13-23(22(24)18-6-4-7-18)16-17-5-3-8-20(15-17)29-30(25,26)21-11-9-19(28-2)10-12-21/h3,5,8-12,15,18H,4,6-7,13-14,16H2,1-2H3. The van der Waals surface area contributed by atoms with E-state index >= 15 is 0 Å². The molecule has 2 aromatic rings. The summed E-state index contributed by atoms with van der Waals surface area (Å²) in [6.07, 6.45) is 2.93. The zero-order valence-electron chi connectivity index (χ0n) is 17.2. The summed E-state index contributed by atoms with van der Waals surface area (Å²) in [6.45, 7) is 1.31. The van der Waals surface area contributed by atoms with Crippen molar-refractivity contribution >= 4 is 16.0 Å². The predicted molar refractivity (Wildman–Crippen MR) is 112 cm³/mol. The third kappa shape index (κ3) is 5.52. The van der Waals surface area contributed by atoms with Gasteiger partial charge in [-0.05, 0) is 54.8 Å². The van der Waals surface area contributed by atoms with Crippen molar-refractivity contribution in [3.8, 4) is 11.5 Å². The molecule has 2 aromatic carbocycles. The first-order valence-corrected chi connectivity index (χ1v) is 11.3. The fourth-order valence-corrected chi connectivity index (χ4v) is 4.14. The van der Waals surface area contributed by atoms with Crippen LogP contribution < -0.4 is 8.92 Å². The van der Waals surface area contributed by atoms with Gasteiger partial charge < -0.3 is 18.6 Å². The molecule has 1 saturated carbocycles. The van der Waals surface area contributed by atoms with E-state index < -0.39 is 10.1 Å². The van der Waals surface area contributed by atoms with E-state index in [2.05, 4.69) is 0 Å². The number of methoxy groups -OCH3 is 2. The van der Waals surface area contributed by atoms with E-state index in [9.17, 15) is 13.2 Å². The third-order valence-corrected chi connectivity index (χ3v) is 6.42. The topological polar surface area (TPSA) is 82.1 Å². The Balaban J connectivity index is 1.72. The molecule has 0 bridgehead atoms. The molecule has 0 aliphatic heterocycles. The highest BCUT2D eigenvalue weighted by atomic mass is 32.2. The minimum Gasteiger partial charge on any atom is -0.497 e. The zero-order valence-corrected chi connectivity index (χ0v) is 18.1. The van der Waals surface area contributed by atoms with Crippen molar-refractivity contribution in [3.05, 3.63) is 54.1 Å². The van der Waals surface area contributed by atoms with Gasteiger partial charge in [-0.2, -0.15) is 8.42 Å². The maximum absolute atomic E-state index is 12.7. The second-order valence-corrected chi connectivity index (χ2v) is 8.79. The molecule has 30 heavy (non-hydrogen) atoms. The van der Waals surface area contributed by atoms with Gasteiger partial charge in [0.15, 0.2) is 0 Å². The third-order valence-electron chi connectivity index (χ3n) is 5.16. The quantitative estimate of drug-likeness (QED) is 0.535. The molecule has 0 spiro atoms. The van der Waals surface area contributed by atoms with Gasteiger partial charge in [-0.15, -0.1) is 0 Å². The van der Waals surface area contributed by atoms with Gasteiger partial charge in [0.2, 0.25) is 5.91 Å². The van der Waals surface area contributed by atoms with E-state index in [0.29, 0.717) is 25.4 Å². The van der Waals surface area contributed by atoms with Crippen LogP contribution in [0.25, 0.3) is 0 Å². The highest BCUT2D eigenvalue weighted by molar-refractivity contribution is 7.87. The van der Waals surface area contributed by atoms with E-state index in [1.54, 1.807) is 42.3 Å². The molecule has 1 amide bonds. The molecule has 8 heteroatoms. The Bertz CT molecular complexity index is 954. The number of nitrogens with zero attached hydrogens (tertiary/aromatic N) is 1. The maximum Gasteiger partial charge on any atom is 0.339 e. The van der Waals surface area contributed by atoms with E-state index in [-0.39, 0.29) is 22.5 Å². The van der Waals surface area contributed by atoms with Crippen molar-refractivity contribution in [1.82, 2.24) is 4.90 Å². The number of hydrogen-bond acceptors (Lipinski definition) is 6. The molecular weight excluding hydrogens is 406 g/mol. The van der Waals surface area contributed by atoms with E-state index in [4.69, 9.17) is 13.7 Å². The minimum absolute atomic E-state index is 0.0376.